The molecule has 1 heterocycles. The smallest absolute Gasteiger partial charge is 0.257 e. The highest BCUT2D eigenvalue weighted by Gasteiger charge is 2.30. The molecule has 1 fully saturated rings. The Labute approximate surface area is 111 Å². The Morgan fingerprint density at radius 2 is 2.22 bits per heavy atom. The van der Waals surface area contributed by atoms with Crippen LogP contribution in [0.4, 0.5) is 4.39 Å². The van der Waals surface area contributed by atoms with Crippen LogP contribution in [-0.4, -0.2) is 36.0 Å². The SMILES string of the molecule is CC1NCCN(C(=O)c2cc(Cl)ccc2F)C1C. The summed E-state index contributed by atoms with van der Waals surface area (Å²) in [6.45, 7) is 5.27. The van der Waals surface area contributed by atoms with Gasteiger partial charge in [0, 0.05) is 30.2 Å². The molecular formula is C13H16ClFN2O. The molecule has 1 amide bonds. The van der Waals surface area contributed by atoms with Gasteiger partial charge < -0.3 is 10.2 Å². The fourth-order valence-corrected chi connectivity index (χ4v) is 2.33. The third-order valence-corrected chi connectivity index (χ3v) is 3.69. The first-order chi connectivity index (χ1) is 8.50. The van der Waals surface area contributed by atoms with E-state index >= 15 is 0 Å². The van der Waals surface area contributed by atoms with Gasteiger partial charge in [-0.25, -0.2) is 4.39 Å². The number of hydrogen-bond acceptors (Lipinski definition) is 2. The zero-order chi connectivity index (χ0) is 13.3. The van der Waals surface area contributed by atoms with Crippen LogP contribution in [0.2, 0.25) is 5.02 Å². The second-order valence-electron chi connectivity index (χ2n) is 4.61. The van der Waals surface area contributed by atoms with E-state index in [9.17, 15) is 9.18 Å². The lowest BCUT2D eigenvalue weighted by molar-refractivity contribution is 0.0598. The molecule has 1 aliphatic heterocycles. The Hall–Kier alpha value is -1.13. The van der Waals surface area contributed by atoms with Crippen LogP contribution in [0.15, 0.2) is 18.2 Å². The van der Waals surface area contributed by atoms with Crippen LogP contribution in [0.5, 0.6) is 0 Å². The maximum atomic E-state index is 13.7. The standard InChI is InChI=1S/C13H16ClFN2O/c1-8-9(2)17(6-5-16-8)13(18)11-7-10(14)3-4-12(11)15/h3-4,7-9,16H,5-6H2,1-2H3. The summed E-state index contributed by atoms with van der Waals surface area (Å²) in [6.07, 6.45) is 0. The number of hydrogen-bond donors (Lipinski definition) is 1. The van der Waals surface area contributed by atoms with E-state index in [-0.39, 0.29) is 23.6 Å². The molecule has 0 radical (unpaired) electrons. The number of rotatable bonds is 1. The van der Waals surface area contributed by atoms with Gasteiger partial charge >= 0.3 is 0 Å². The van der Waals surface area contributed by atoms with Gasteiger partial charge in [-0.15, -0.1) is 0 Å². The van der Waals surface area contributed by atoms with E-state index < -0.39 is 5.82 Å². The molecule has 1 aliphatic rings. The summed E-state index contributed by atoms with van der Waals surface area (Å²) in [6, 6.07) is 4.29. The molecule has 0 spiro atoms. The van der Waals surface area contributed by atoms with Gasteiger partial charge in [0.05, 0.1) is 5.56 Å². The van der Waals surface area contributed by atoms with E-state index in [0.717, 1.165) is 6.54 Å². The second kappa shape index (κ2) is 5.24. The molecule has 0 saturated carbocycles. The van der Waals surface area contributed by atoms with Gasteiger partial charge in [-0.3, -0.25) is 4.79 Å². The quantitative estimate of drug-likeness (QED) is 0.849. The molecule has 0 bridgehead atoms. The molecule has 3 nitrogen and oxygen atoms in total. The maximum Gasteiger partial charge on any atom is 0.257 e. The van der Waals surface area contributed by atoms with Gasteiger partial charge in [0.25, 0.3) is 5.91 Å². The fourth-order valence-electron chi connectivity index (χ4n) is 2.16. The summed E-state index contributed by atoms with van der Waals surface area (Å²) >= 11 is 5.82. The Balaban J connectivity index is 2.27. The lowest BCUT2D eigenvalue weighted by Crippen LogP contribution is -2.57. The van der Waals surface area contributed by atoms with Gasteiger partial charge in [0.15, 0.2) is 0 Å². The molecular weight excluding hydrogens is 255 g/mol. The lowest BCUT2D eigenvalue weighted by atomic mass is 10.1. The van der Waals surface area contributed by atoms with Crippen LogP contribution in [0.1, 0.15) is 24.2 Å². The van der Waals surface area contributed by atoms with Crippen molar-refractivity contribution in [3.63, 3.8) is 0 Å². The van der Waals surface area contributed by atoms with E-state index in [1.54, 1.807) is 4.90 Å². The largest absolute Gasteiger partial charge is 0.333 e. The summed E-state index contributed by atoms with van der Waals surface area (Å²) in [5, 5.41) is 3.65. The molecule has 1 aromatic rings. The molecule has 5 heteroatoms. The minimum Gasteiger partial charge on any atom is -0.333 e. The number of benzene rings is 1. The summed E-state index contributed by atoms with van der Waals surface area (Å²) in [5.41, 5.74) is 0.0449. The van der Waals surface area contributed by atoms with Crippen LogP contribution in [-0.2, 0) is 0 Å². The average molecular weight is 271 g/mol. The van der Waals surface area contributed by atoms with E-state index in [2.05, 4.69) is 5.32 Å². The lowest BCUT2D eigenvalue weighted by Gasteiger charge is -2.38. The van der Waals surface area contributed by atoms with Crippen molar-refractivity contribution in [2.24, 2.45) is 0 Å². The number of piperazine rings is 1. The first-order valence-corrected chi connectivity index (χ1v) is 6.38. The van der Waals surface area contributed by atoms with E-state index in [4.69, 9.17) is 11.6 Å². The highest BCUT2D eigenvalue weighted by molar-refractivity contribution is 6.31. The minimum absolute atomic E-state index is 0.0321. The first kappa shape index (κ1) is 13.3. The molecule has 2 unspecified atom stereocenters. The summed E-state index contributed by atoms with van der Waals surface area (Å²) < 4.78 is 13.7. The van der Waals surface area contributed by atoms with Crippen LogP contribution in [0, 0.1) is 5.82 Å². The number of nitrogens with zero attached hydrogens (tertiary/aromatic N) is 1. The van der Waals surface area contributed by atoms with E-state index in [0.29, 0.717) is 11.6 Å². The molecule has 98 valence electrons. The minimum atomic E-state index is -0.525. The first-order valence-electron chi connectivity index (χ1n) is 6.00. The number of amides is 1. The summed E-state index contributed by atoms with van der Waals surface area (Å²) in [4.78, 5) is 14.0. The van der Waals surface area contributed by atoms with Gasteiger partial charge in [0.1, 0.15) is 5.82 Å². The molecule has 18 heavy (non-hydrogen) atoms. The molecule has 0 aliphatic carbocycles. The third-order valence-electron chi connectivity index (χ3n) is 3.45. The Bertz CT molecular complexity index is 466. The van der Waals surface area contributed by atoms with Crippen molar-refractivity contribution in [2.75, 3.05) is 13.1 Å². The third kappa shape index (κ3) is 2.49. The van der Waals surface area contributed by atoms with E-state index in [1.807, 2.05) is 13.8 Å². The van der Waals surface area contributed by atoms with E-state index in [1.165, 1.54) is 18.2 Å². The average Bonchev–Trinajstić information content (AvgIpc) is 2.35. The monoisotopic (exact) mass is 270 g/mol. The van der Waals surface area contributed by atoms with Crippen molar-refractivity contribution in [1.29, 1.82) is 0 Å². The molecule has 2 atom stereocenters. The van der Waals surface area contributed by atoms with Crippen molar-refractivity contribution in [2.45, 2.75) is 25.9 Å². The summed E-state index contributed by atoms with van der Waals surface area (Å²) in [5.74, 6) is -0.821. The van der Waals surface area contributed by atoms with Crippen molar-refractivity contribution >= 4 is 17.5 Å². The van der Waals surface area contributed by atoms with Gasteiger partial charge in [-0.1, -0.05) is 11.6 Å². The van der Waals surface area contributed by atoms with Gasteiger partial charge in [-0.05, 0) is 32.0 Å². The zero-order valence-electron chi connectivity index (χ0n) is 10.4. The van der Waals surface area contributed by atoms with Gasteiger partial charge in [0.2, 0.25) is 0 Å². The second-order valence-corrected chi connectivity index (χ2v) is 5.04. The predicted octanol–water partition coefficient (Wildman–Crippen LogP) is 2.30. The van der Waals surface area contributed by atoms with Crippen LogP contribution in [0.25, 0.3) is 0 Å². The predicted molar refractivity (Wildman–Crippen MR) is 69.4 cm³/mol. The highest BCUT2D eigenvalue weighted by Crippen LogP contribution is 2.19. The van der Waals surface area contributed by atoms with Gasteiger partial charge in [-0.2, -0.15) is 0 Å². The van der Waals surface area contributed by atoms with Crippen molar-refractivity contribution < 1.29 is 9.18 Å². The molecule has 1 aromatic carbocycles. The number of nitrogens with one attached hydrogen (secondary N) is 1. The molecule has 1 saturated heterocycles. The van der Waals surface area contributed by atoms with Crippen molar-refractivity contribution in [1.82, 2.24) is 10.2 Å². The Kier molecular flexibility index (Phi) is 3.88. The van der Waals surface area contributed by atoms with Crippen molar-refractivity contribution in [3.05, 3.63) is 34.6 Å². The molecule has 0 aromatic heterocycles. The summed E-state index contributed by atoms with van der Waals surface area (Å²) in [7, 11) is 0. The van der Waals surface area contributed by atoms with Crippen LogP contribution in [0.3, 0.4) is 0 Å². The zero-order valence-corrected chi connectivity index (χ0v) is 11.2. The fraction of sp³-hybridized carbons (Fsp3) is 0.462. The number of halogens is 2. The topological polar surface area (TPSA) is 32.3 Å². The Morgan fingerprint density at radius 1 is 1.50 bits per heavy atom. The van der Waals surface area contributed by atoms with Crippen LogP contribution >= 0.6 is 11.6 Å². The highest BCUT2D eigenvalue weighted by atomic mass is 35.5. The maximum absolute atomic E-state index is 13.7. The normalized spacial score (nSPS) is 24.1. The van der Waals surface area contributed by atoms with Crippen LogP contribution < -0.4 is 5.32 Å². The van der Waals surface area contributed by atoms with Crippen molar-refractivity contribution in [3.8, 4) is 0 Å². The molecule has 1 N–H and O–H groups in total. The molecule has 2 rings (SSSR count). The number of carbonyl (C=O) groups is 1. The Morgan fingerprint density at radius 3 is 2.94 bits per heavy atom. The number of carbonyl (C=O) groups excluding carboxylic acids is 1.